The molecule has 1 aliphatic rings. The summed E-state index contributed by atoms with van der Waals surface area (Å²) < 4.78 is 0. The lowest BCUT2D eigenvalue weighted by atomic mass is 9.96. The molecule has 2 atom stereocenters. The largest absolute Gasteiger partial charge is 0.356 e. The molecule has 1 fully saturated rings. The van der Waals surface area contributed by atoms with E-state index < -0.39 is 0 Å². The van der Waals surface area contributed by atoms with E-state index in [4.69, 9.17) is 0 Å². The Labute approximate surface area is 163 Å². The molecule has 1 heterocycles. The highest BCUT2D eigenvalue weighted by molar-refractivity contribution is 5.95. The van der Waals surface area contributed by atoms with Gasteiger partial charge in [0.2, 0.25) is 11.8 Å². The minimum atomic E-state index is -0.181. The van der Waals surface area contributed by atoms with Crippen LogP contribution >= 0.6 is 0 Å². The van der Waals surface area contributed by atoms with Crippen molar-refractivity contribution >= 4 is 17.5 Å². The van der Waals surface area contributed by atoms with Crippen LogP contribution in [0.1, 0.15) is 64.9 Å². The minimum Gasteiger partial charge on any atom is -0.356 e. The summed E-state index contributed by atoms with van der Waals surface area (Å²) in [6.07, 6.45) is 3.63. The van der Waals surface area contributed by atoms with E-state index >= 15 is 0 Å². The first-order valence-corrected chi connectivity index (χ1v) is 10.3. The van der Waals surface area contributed by atoms with E-state index in [1.54, 1.807) is 0 Å². The topological polar surface area (TPSA) is 61.4 Å². The fourth-order valence-electron chi connectivity index (χ4n) is 3.71. The standard InChI is InChI=1S/C22H35N3O2/c1-5-9-21(26)23-14-18-10-8-13-25(15-18)17(4)22(27)24-20-12-7-6-11-19(20)16(2)3/h6-7,11-12,16-18H,5,8-10,13-15H2,1-4H3,(H,23,26)(H,24,27). The number of anilines is 1. The van der Waals surface area contributed by atoms with Gasteiger partial charge in [0.05, 0.1) is 6.04 Å². The van der Waals surface area contributed by atoms with Crippen molar-refractivity contribution in [3.8, 4) is 0 Å². The Morgan fingerprint density at radius 1 is 1.22 bits per heavy atom. The molecule has 1 aromatic carbocycles. The van der Waals surface area contributed by atoms with E-state index in [0.717, 1.165) is 43.6 Å². The summed E-state index contributed by atoms with van der Waals surface area (Å²) in [6, 6.07) is 7.83. The zero-order valence-electron chi connectivity index (χ0n) is 17.3. The van der Waals surface area contributed by atoms with E-state index in [1.165, 1.54) is 0 Å². The number of amides is 2. The lowest BCUT2D eigenvalue weighted by molar-refractivity contribution is -0.123. The molecule has 1 aliphatic heterocycles. The van der Waals surface area contributed by atoms with E-state index in [2.05, 4.69) is 35.4 Å². The predicted molar refractivity (Wildman–Crippen MR) is 111 cm³/mol. The highest BCUT2D eigenvalue weighted by Gasteiger charge is 2.28. The zero-order chi connectivity index (χ0) is 19.8. The molecule has 2 N–H and O–H groups in total. The molecule has 0 spiro atoms. The highest BCUT2D eigenvalue weighted by atomic mass is 16.2. The van der Waals surface area contributed by atoms with Crippen LogP contribution in [0.25, 0.3) is 0 Å². The molecule has 2 amide bonds. The molecule has 0 bridgehead atoms. The molecule has 5 nitrogen and oxygen atoms in total. The molecule has 0 aromatic heterocycles. The van der Waals surface area contributed by atoms with Crippen LogP contribution in [0.2, 0.25) is 0 Å². The fraction of sp³-hybridized carbons (Fsp3) is 0.636. The first-order chi connectivity index (χ1) is 12.9. The van der Waals surface area contributed by atoms with Crippen molar-refractivity contribution in [2.75, 3.05) is 25.0 Å². The van der Waals surface area contributed by atoms with E-state index in [-0.39, 0.29) is 17.9 Å². The van der Waals surface area contributed by atoms with Crippen molar-refractivity contribution in [3.05, 3.63) is 29.8 Å². The summed E-state index contributed by atoms with van der Waals surface area (Å²) in [5.74, 6) is 0.949. The van der Waals surface area contributed by atoms with Gasteiger partial charge >= 0.3 is 0 Å². The maximum Gasteiger partial charge on any atom is 0.241 e. The highest BCUT2D eigenvalue weighted by Crippen LogP contribution is 2.24. The summed E-state index contributed by atoms with van der Waals surface area (Å²) in [6.45, 7) is 10.8. The van der Waals surface area contributed by atoms with Gasteiger partial charge in [0.25, 0.3) is 0 Å². The van der Waals surface area contributed by atoms with Crippen LogP contribution in [0.4, 0.5) is 5.69 Å². The number of nitrogens with one attached hydrogen (secondary N) is 2. The zero-order valence-corrected chi connectivity index (χ0v) is 17.3. The van der Waals surface area contributed by atoms with E-state index in [9.17, 15) is 9.59 Å². The molecule has 0 radical (unpaired) electrons. The number of hydrogen-bond donors (Lipinski definition) is 2. The van der Waals surface area contributed by atoms with Crippen LogP contribution < -0.4 is 10.6 Å². The maximum absolute atomic E-state index is 12.8. The summed E-state index contributed by atoms with van der Waals surface area (Å²) >= 11 is 0. The first kappa shape index (κ1) is 21.4. The van der Waals surface area contributed by atoms with Crippen LogP contribution in [0, 0.1) is 5.92 Å². The number of benzene rings is 1. The van der Waals surface area contributed by atoms with E-state index in [1.807, 2.05) is 32.0 Å². The number of rotatable bonds is 8. The second kappa shape index (κ2) is 10.5. The number of para-hydroxylation sites is 1. The summed E-state index contributed by atoms with van der Waals surface area (Å²) in [5, 5.41) is 6.16. The number of nitrogens with zero attached hydrogens (tertiary/aromatic N) is 1. The summed E-state index contributed by atoms with van der Waals surface area (Å²) in [7, 11) is 0. The van der Waals surface area contributed by atoms with Crippen LogP contribution in [0.3, 0.4) is 0 Å². The Hall–Kier alpha value is -1.88. The van der Waals surface area contributed by atoms with Gasteiger partial charge in [0.1, 0.15) is 0 Å². The van der Waals surface area contributed by atoms with Gasteiger partial charge < -0.3 is 10.6 Å². The molecule has 2 unspecified atom stereocenters. The Balaban J connectivity index is 1.91. The van der Waals surface area contributed by atoms with Crippen LogP contribution in [-0.4, -0.2) is 42.4 Å². The third-order valence-corrected chi connectivity index (χ3v) is 5.38. The average molecular weight is 374 g/mol. The Morgan fingerprint density at radius 3 is 2.67 bits per heavy atom. The van der Waals surface area contributed by atoms with Gasteiger partial charge in [-0.15, -0.1) is 0 Å². The van der Waals surface area contributed by atoms with Gasteiger partial charge in [-0.05, 0) is 56.2 Å². The van der Waals surface area contributed by atoms with Gasteiger partial charge in [0, 0.05) is 25.2 Å². The molecule has 5 heteroatoms. The Morgan fingerprint density at radius 2 is 1.96 bits per heavy atom. The molecule has 1 saturated heterocycles. The number of likely N-dealkylation sites (tertiary alicyclic amines) is 1. The van der Waals surface area contributed by atoms with Gasteiger partial charge in [0.15, 0.2) is 0 Å². The number of carbonyl (C=O) groups is 2. The van der Waals surface area contributed by atoms with Crippen molar-refractivity contribution in [3.63, 3.8) is 0 Å². The van der Waals surface area contributed by atoms with Crippen molar-refractivity contribution in [1.29, 1.82) is 0 Å². The monoisotopic (exact) mass is 373 g/mol. The number of carbonyl (C=O) groups excluding carboxylic acids is 2. The third kappa shape index (κ3) is 6.35. The quantitative estimate of drug-likeness (QED) is 0.729. The van der Waals surface area contributed by atoms with Crippen LogP contribution in [0.15, 0.2) is 24.3 Å². The second-order valence-corrected chi connectivity index (χ2v) is 7.96. The maximum atomic E-state index is 12.8. The number of piperidine rings is 1. The van der Waals surface area contributed by atoms with Crippen molar-refractivity contribution < 1.29 is 9.59 Å². The van der Waals surface area contributed by atoms with Gasteiger partial charge in [-0.25, -0.2) is 0 Å². The Bertz CT molecular complexity index is 630. The fourth-order valence-corrected chi connectivity index (χ4v) is 3.71. The minimum absolute atomic E-state index is 0.0405. The summed E-state index contributed by atoms with van der Waals surface area (Å²) in [4.78, 5) is 26.8. The average Bonchev–Trinajstić information content (AvgIpc) is 2.66. The molecule has 0 saturated carbocycles. The molecule has 1 aromatic rings. The van der Waals surface area contributed by atoms with Crippen LogP contribution in [0.5, 0.6) is 0 Å². The molecular formula is C22H35N3O2. The van der Waals surface area contributed by atoms with Gasteiger partial charge in [-0.2, -0.15) is 0 Å². The van der Waals surface area contributed by atoms with E-state index in [0.29, 0.717) is 24.8 Å². The Kier molecular flexibility index (Phi) is 8.29. The SMILES string of the molecule is CCCC(=O)NCC1CCCN(C(C)C(=O)Nc2ccccc2C(C)C)C1. The number of hydrogen-bond acceptors (Lipinski definition) is 3. The lowest BCUT2D eigenvalue weighted by Gasteiger charge is -2.36. The van der Waals surface area contributed by atoms with Crippen molar-refractivity contribution in [2.45, 2.75) is 65.3 Å². The molecule has 150 valence electrons. The van der Waals surface area contributed by atoms with Crippen molar-refractivity contribution in [1.82, 2.24) is 10.2 Å². The first-order valence-electron chi connectivity index (χ1n) is 10.3. The molecule has 2 rings (SSSR count). The lowest BCUT2D eigenvalue weighted by Crippen LogP contribution is -2.49. The predicted octanol–water partition coefficient (Wildman–Crippen LogP) is 3.77. The second-order valence-electron chi connectivity index (χ2n) is 7.96. The molecular weight excluding hydrogens is 338 g/mol. The normalized spacial score (nSPS) is 18.9. The molecule has 0 aliphatic carbocycles. The van der Waals surface area contributed by atoms with Gasteiger partial charge in [-0.3, -0.25) is 14.5 Å². The summed E-state index contributed by atoms with van der Waals surface area (Å²) in [5.41, 5.74) is 2.07. The van der Waals surface area contributed by atoms with Crippen LogP contribution in [-0.2, 0) is 9.59 Å². The molecule has 27 heavy (non-hydrogen) atoms. The van der Waals surface area contributed by atoms with Gasteiger partial charge in [-0.1, -0.05) is 39.0 Å². The smallest absolute Gasteiger partial charge is 0.241 e. The van der Waals surface area contributed by atoms with Crippen molar-refractivity contribution in [2.24, 2.45) is 5.92 Å². The third-order valence-electron chi connectivity index (χ3n) is 5.38.